The fourth-order valence-electron chi connectivity index (χ4n) is 1.82. The Labute approximate surface area is 120 Å². The van der Waals surface area contributed by atoms with Crippen LogP contribution in [0.15, 0.2) is 24.3 Å². The second-order valence-corrected chi connectivity index (χ2v) is 5.92. The maximum Gasteiger partial charge on any atom is 0.220 e. The van der Waals surface area contributed by atoms with Crippen molar-refractivity contribution in [1.82, 2.24) is 5.32 Å². The van der Waals surface area contributed by atoms with E-state index in [4.69, 9.17) is 0 Å². The van der Waals surface area contributed by atoms with E-state index >= 15 is 0 Å². The number of halogens is 1. The molecule has 2 atom stereocenters. The SMILES string of the molecule is CC(CC(=O)NCC(C)(O)C(C)C)c1ccccc1F. The van der Waals surface area contributed by atoms with Crippen molar-refractivity contribution >= 4 is 5.91 Å². The molecule has 2 N–H and O–H groups in total. The number of aliphatic hydroxyl groups is 1. The molecule has 2 unspecified atom stereocenters. The van der Waals surface area contributed by atoms with Gasteiger partial charge in [0.25, 0.3) is 0 Å². The van der Waals surface area contributed by atoms with Gasteiger partial charge in [-0.3, -0.25) is 4.79 Å². The summed E-state index contributed by atoms with van der Waals surface area (Å²) in [5.74, 6) is -0.615. The highest BCUT2D eigenvalue weighted by molar-refractivity contribution is 5.76. The number of carbonyl (C=O) groups is 1. The van der Waals surface area contributed by atoms with Crippen molar-refractivity contribution < 1.29 is 14.3 Å². The summed E-state index contributed by atoms with van der Waals surface area (Å²) in [6, 6.07) is 6.48. The summed E-state index contributed by atoms with van der Waals surface area (Å²) in [6.45, 7) is 7.51. The van der Waals surface area contributed by atoms with Crippen LogP contribution in [0.4, 0.5) is 4.39 Å². The molecule has 0 radical (unpaired) electrons. The number of amides is 1. The van der Waals surface area contributed by atoms with E-state index in [9.17, 15) is 14.3 Å². The third-order valence-corrected chi connectivity index (χ3v) is 3.81. The molecule has 3 nitrogen and oxygen atoms in total. The molecule has 0 aliphatic rings. The first-order valence-electron chi connectivity index (χ1n) is 6.97. The van der Waals surface area contributed by atoms with E-state index in [1.54, 1.807) is 25.1 Å². The van der Waals surface area contributed by atoms with Crippen LogP contribution in [0.2, 0.25) is 0 Å². The second-order valence-electron chi connectivity index (χ2n) is 5.92. The lowest BCUT2D eigenvalue weighted by Gasteiger charge is -2.28. The predicted octanol–water partition coefficient (Wildman–Crippen LogP) is 2.84. The molecule has 0 aliphatic carbocycles. The molecule has 0 spiro atoms. The zero-order valence-corrected chi connectivity index (χ0v) is 12.6. The molecule has 0 bridgehead atoms. The van der Waals surface area contributed by atoms with E-state index in [1.165, 1.54) is 6.07 Å². The van der Waals surface area contributed by atoms with Crippen molar-refractivity contribution in [2.24, 2.45) is 5.92 Å². The molecule has 112 valence electrons. The Morgan fingerprint density at radius 3 is 2.50 bits per heavy atom. The Balaban J connectivity index is 2.53. The van der Waals surface area contributed by atoms with E-state index in [0.717, 1.165) is 0 Å². The minimum atomic E-state index is -0.934. The summed E-state index contributed by atoms with van der Waals surface area (Å²) >= 11 is 0. The van der Waals surface area contributed by atoms with Crippen LogP contribution in [0.1, 0.15) is 45.6 Å². The lowest BCUT2D eigenvalue weighted by Crippen LogP contribution is -2.44. The second kappa shape index (κ2) is 6.84. The molecule has 0 fully saturated rings. The standard InChI is InChI=1S/C16H24FNO2/c1-11(2)16(4,20)10-18-15(19)9-12(3)13-7-5-6-8-14(13)17/h5-8,11-12,20H,9-10H2,1-4H3,(H,18,19). The van der Waals surface area contributed by atoms with Crippen LogP contribution in [0, 0.1) is 11.7 Å². The van der Waals surface area contributed by atoms with Crippen molar-refractivity contribution in [3.05, 3.63) is 35.6 Å². The van der Waals surface area contributed by atoms with Crippen molar-refractivity contribution in [2.45, 2.75) is 45.6 Å². The van der Waals surface area contributed by atoms with E-state index in [0.29, 0.717) is 5.56 Å². The number of hydrogen-bond donors (Lipinski definition) is 2. The molecular weight excluding hydrogens is 257 g/mol. The molecular formula is C16H24FNO2. The normalized spacial score (nSPS) is 15.8. The fourth-order valence-corrected chi connectivity index (χ4v) is 1.82. The number of rotatable bonds is 6. The number of benzene rings is 1. The highest BCUT2D eigenvalue weighted by Gasteiger charge is 2.25. The lowest BCUT2D eigenvalue weighted by molar-refractivity contribution is -0.123. The topological polar surface area (TPSA) is 49.3 Å². The maximum absolute atomic E-state index is 13.6. The first-order chi connectivity index (χ1) is 9.24. The van der Waals surface area contributed by atoms with Gasteiger partial charge in [-0.15, -0.1) is 0 Å². The van der Waals surface area contributed by atoms with Gasteiger partial charge in [0.1, 0.15) is 5.82 Å². The number of hydrogen-bond acceptors (Lipinski definition) is 2. The van der Waals surface area contributed by atoms with Crippen LogP contribution in [-0.2, 0) is 4.79 Å². The molecule has 1 amide bonds. The Morgan fingerprint density at radius 2 is 1.95 bits per heavy atom. The number of nitrogens with one attached hydrogen (secondary N) is 1. The van der Waals surface area contributed by atoms with Crippen molar-refractivity contribution in [3.8, 4) is 0 Å². The molecule has 20 heavy (non-hydrogen) atoms. The lowest BCUT2D eigenvalue weighted by atomic mass is 9.92. The van der Waals surface area contributed by atoms with Crippen molar-refractivity contribution in [3.63, 3.8) is 0 Å². The summed E-state index contributed by atoms with van der Waals surface area (Å²) in [5, 5.41) is 12.8. The van der Waals surface area contributed by atoms with Crippen LogP contribution >= 0.6 is 0 Å². The van der Waals surface area contributed by atoms with Crippen LogP contribution in [-0.4, -0.2) is 23.2 Å². The molecule has 0 heterocycles. The van der Waals surface area contributed by atoms with Crippen LogP contribution < -0.4 is 5.32 Å². The average molecular weight is 281 g/mol. The van der Waals surface area contributed by atoms with Gasteiger partial charge in [0.05, 0.1) is 5.60 Å². The van der Waals surface area contributed by atoms with E-state index in [1.807, 2.05) is 20.8 Å². The van der Waals surface area contributed by atoms with Crippen molar-refractivity contribution in [2.75, 3.05) is 6.54 Å². The minimum absolute atomic E-state index is 0.0480. The molecule has 0 aliphatic heterocycles. The van der Waals surface area contributed by atoms with Gasteiger partial charge in [-0.2, -0.15) is 0 Å². The predicted molar refractivity (Wildman–Crippen MR) is 77.9 cm³/mol. The van der Waals surface area contributed by atoms with E-state index < -0.39 is 5.60 Å². The van der Waals surface area contributed by atoms with Gasteiger partial charge in [0.2, 0.25) is 5.91 Å². The molecule has 1 aromatic rings. The first kappa shape index (κ1) is 16.6. The minimum Gasteiger partial charge on any atom is -0.388 e. The molecule has 0 saturated heterocycles. The van der Waals surface area contributed by atoms with Crippen molar-refractivity contribution in [1.29, 1.82) is 0 Å². The van der Waals surface area contributed by atoms with Gasteiger partial charge >= 0.3 is 0 Å². The highest BCUT2D eigenvalue weighted by Crippen LogP contribution is 2.22. The quantitative estimate of drug-likeness (QED) is 0.842. The summed E-state index contributed by atoms with van der Waals surface area (Å²) in [5.41, 5.74) is -0.394. The summed E-state index contributed by atoms with van der Waals surface area (Å²) in [7, 11) is 0. The average Bonchev–Trinajstić information content (AvgIpc) is 2.36. The van der Waals surface area contributed by atoms with Gasteiger partial charge in [-0.25, -0.2) is 4.39 Å². The molecule has 4 heteroatoms. The number of carbonyl (C=O) groups excluding carboxylic acids is 1. The Morgan fingerprint density at radius 1 is 1.35 bits per heavy atom. The van der Waals surface area contributed by atoms with E-state index in [2.05, 4.69) is 5.32 Å². The summed E-state index contributed by atoms with van der Waals surface area (Å²) in [6.07, 6.45) is 0.203. The van der Waals surface area contributed by atoms with Gasteiger partial charge in [-0.05, 0) is 30.4 Å². The molecule has 1 rings (SSSR count). The zero-order chi connectivity index (χ0) is 15.3. The summed E-state index contributed by atoms with van der Waals surface area (Å²) in [4.78, 5) is 11.9. The third kappa shape index (κ3) is 4.60. The molecule has 1 aromatic carbocycles. The monoisotopic (exact) mass is 281 g/mol. The van der Waals surface area contributed by atoms with Gasteiger partial charge in [-0.1, -0.05) is 39.0 Å². The van der Waals surface area contributed by atoms with Gasteiger partial charge in [0, 0.05) is 13.0 Å². The third-order valence-electron chi connectivity index (χ3n) is 3.81. The largest absolute Gasteiger partial charge is 0.388 e. The Bertz CT molecular complexity index is 458. The molecule has 0 saturated carbocycles. The fraction of sp³-hybridized carbons (Fsp3) is 0.562. The highest BCUT2D eigenvalue weighted by atomic mass is 19.1. The smallest absolute Gasteiger partial charge is 0.220 e. The van der Waals surface area contributed by atoms with E-state index in [-0.39, 0.29) is 36.5 Å². The van der Waals surface area contributed by atoms with Crippen LogP contribution in [0.5, 0.6) is 0 Å². The Kier molecular flexibility index (Phi) is 5.69. The summed E-state index contributed by atoms with van der Waals surface area (Å²) < 4.78 is 13.6. The van der Waals surface area contributed by atoms with Crippen LogP contribution in [0.3, 0.4) is 0 Å². The van der Waals surface area contributed by atoms with Crippen LogP contribution in [0.25, 0.3) is 0 Å². The first-order valence-corrected chi connectivity index (χ1v) is 6.97. The van der Waals surface area contributed by atoms with Gasteiger partial charge in [0.15, 0.2) is 0 Å². The molecule has 0 aromatic heterocycles. The van der Waals surface area contributed by atoms with Gasteiger partial charge < -0.3 is 10.4 Å². The maximum atomic E-state index is 13.6. The Hall–Kier alpha value is -1.42. The zero-order valence-electron chi connectivity index (χ0n) is 12.6.